The second kappa shape index (κ2) is 4.48. The minimum Gasteiger partial charge on any atom is -0.463 e. The molecule has 0 spiro atoms. The van der Waals surface area contributed by atoms with Gasteiger partial charge in [-0.25, -0.2) is 0 Å². The second-order valence-electron chi connectivity index (χ2n) is 3.21. The first-order valence-electron chi connectivity index (χ1n) is 3.99. The fraction of sp³-hybridized carbons (Fsp3) is 0.875. The number of carbonyl (C=O) groups excluding carboxylic acids is 1. The van der Waals surface area contributed by atoms with Crippen molar-refractivity contribution in [3.8, 4) is 0 Å². The molecule has 0 heterocycles. The van der Waals surface area contributed by atoms with Crippen LogP contribution < -0.4 is 0 Å². The highest BCUT2D eigenvalue weighted by atomic mass is 19.4. The maximum absolute atomic E-state index is 11.8. The monoisotopic (exact) mass is 198 g/mol. The first-order chi connectivity index (χ1) is 5.72. The summed E-state index contributed by atoms with van der Waals surface area (Å²) in [6, 6.07) is 0. The van der Waals surface area contributed by atoms with Gasteiger partial charge in [-0.15, -0.1) is 0 Å². The topological polar surface area (TPSA) is 26.3 Å². The summed E-state index contributed by atoms with van der Waals surface area (Å²) in [7, 11) is 0. The van der Waals surface area contributed by atoms with Crippen LogP contribution in [0, 0.1) is 5.92 Å². The lowest BCUT2D eigenvalue weighted by Crippen LogP contribution is -2.24. The van der Waals surface area contributed by atoms with Crippen molar-refractivity contribution in [3.05, 3.63) is 0 Å². The third-order valence-electron chi connectivity index (χ3n) is 1.29. The molecule has 0 aromatic heterocycles. The molecule has 1 unspecified atom stereocenters. The van der Waals surface area contributed by atoms with E-state index in [1.807, 2.05) is 0 Å². The van der Waals surface area contributed by atoms with Crippen LogP contribution in [-0.2, 0) is 9.53 Å². The molecule has 13 heavy (non-hydrogen) atoms. The van der Waals surface area contributed by atoms with Crippen LogP contribution in [0.25, 0.3) is 0 Å². The summed E-state index contributed by atoms with van der Waals surface area (Å²) in [5.74, 6) is -1.92. The molecule has 0 radical (unpaired) electrons. The zero-order valence-corrected chi connectivity index (χ0v) is 7.81. The molecule has 0 aliphatic carbocycles. The Morgan fingerprint density at radius 2 is 1.77 bits per heavy atom. The highest BCUT2D eigenvalue weighted by Crippen LogP contribution is 2.25. The summed E-state index contributed by atoms with van der Waals surface area (Å²) in [6.07, 6.45) is -5.81. The molecule has 0 N–H and O–H groups in total. The molecule has 5 heteroatoms. The van der Waals surface area contributed by atoms with Gasteiger partial charge in [-0.1, -0.05) is 6.92 Å². The standard InChI is InChI=1S/C8H13F3O2/c1-5(2)13-7(12)6(3)4-8(9,10)11/h5-6H,4H2,1-3H3. The molecule has 0 aromatic rings. The normalized spacial score (nSPS) is 14.4. The Hall–Kier alpha value is -0.740. The SMILES string of the molecule is CC(C)OC(=O)C(C)CC(F)(F)F. The van der Waals surface area contributed by atoms with Crippen LogP contribution in [0.3, 0.4) is 0 Å². The molecule has 2 nitrogen and oxygen atoms in total. The minimum atomic E-state index is -4.31. The number of halogens is 3. The van der Waals surface area contributed by atoms with Crippen LogP contribution >= 0.6 is 0 Å². The molecule has 0 bridgehead atoms. The van der Waals surface area contributed by atoms with Crippen LogP contribution in [0.5, 0.6) is 0 Å². The van der Waals surface area contributed by atoms with Crippen LogP contribution in [0.15, 0.2) is 0 Å². The highest BCUT2D eigenvalue weighted by molar-refractivity contribution is 5.72. The van der Waals surface area contributed by atoms with Crippen LogP contribution in [0.2, 0.25) is 0 Å². The molecule has 0 amide bonds. The van der Waals surface area contributed by atoms with Crippen LogP contribution in [0.4, 0.5) is 13.2 Å². The Morgan fingerprint density at radius 1 is 1.31 bits per heavy atom. The maximum Gasteiger partial charge on any atom is 0.389 e. The summed E-state index contributed by atoms with van der Waals surface area (Å²) in [4.78, 5) is 10.9. The minimum absolute atomic E-state index is 0.372. The predicted octanol–water partition coefficient (Wildman–Crippen LogP) is 2.53. The van der Waals surface area contributed by atoms with E-state index in [4.69, 9.17) is 0 Å². The van der Waals surface area contributed by atoms with E-state index in [2.05, 4.69) is 4.74 Å². The smallest absolute Gasteiger partial charge is 0.389 e. The van der Waals surface area contributed by atoms with Gasteiger partial charge in [0.1, 0.15) is 0 Å². The van der Waals surface area contributed by atoms with E-state index in [0.29, 0.717) is 0 Å². The zero-order valence-electron chi connectivity index (χ0n) is 7.81. The van der Waals surface area contributed by atoms with E-state index in [0.717, 1.165) is 0 Å². The van der Waals surface area contributed by atoms with Gasteiger partial charge in [0.05, 0.1) is 18.4 Å². The van der Waals surface area contributed by atoms with Gasteiger partial charge in [0.15, 0.2) is 0 Å². The van der Waals surface area contributed by atoms with Crippen LogP contribution in [-0.4, -0.2) is 18.2 Å². The number of hydrogen-bond acceptors (Lipinski definition) is 2. The van der Waals surface area contributed by atoms with Crippen molar-refractivity contribution in [1.82, 2.24) is 0 Å². The lowest BCUT2D eigenvalue weighted by molar-refractivity contribution is -0.169. The third kappa shape index (κ3) is 6.42. The van der Waals surface area contributed by atoms with E-state index in [1.54, 1.807) is 13.8 Å². The molecule has 0 saturated heterocycles. The van der Waals surface area contributed by atoms with Crippen LogP contribution in [0.1, 0.15) is 27.2 Å². The third-order valence-corrected chi connectivity index (χ3v) is 1.29. The van der Waals surface area contributed by atoms with Crippen molar-refractivity contribution in [2.24, 2.45) is 5.92 Å². The molecule has 0 aromatic carbocycles. The number of alkyl halides is 3. The summed E-state index contributed by atoms with van der Waals surface area (Å²) in [6.45, 7) is 4.40. The largest absolute Gasteiger partial charge is 0.463 e. The molecular weight excluding hydrogens is 185 g/mol. The molecular formula is C8H13F3O2. The van der Waals surface area contributed by atoms with Crippen molar-refractivity contribution in [1.29, 1.82) is 0 Å². The van der Waals surface area contributed by atoms with Crippen molar-refractivity contribution in [3.63, 3.8) is 0 Å². The molecule has 0 rings (SSSR count). The summed E-state index contributed by atoms with van der Waals surface area (Å²) in [5.41, 5.74) is 0. The maximum atomic E-state index is 11.8. The first kappa shape index (κ1) is 12.3. The lowest BCUT2D eigenvalue weighted by atomic mass is 10.1. The molecule has 0 aliphatic rings. The molecule has 78 valence electrons. The van der Waals surface area contributed by atoms with Gasteiger partial charge in [-0.3, -0.25) is 4.79 Å². The Morgan fingerprint density at radius 3 is 2.08 bits per heavy atom. The number of ether oxygens (including phenoxy) is 1. The average molecular weight is 198 g/mol. The average Bonchev–Trinajstić information content (AvgIpc) is 1.81. The first-order valence-corrected chi connectivity index (χ1v) is 3.99. The lowest BCUT2D eigenvalue weighted by Gasteiger charge is -2.15. The fourth-order valence-corrected chi connectivity index (χ4v) is 0.779. The van der Waals surface area contributed by atoms with Crippen molar-refractivity contribution >= 4 is 5.97 Å². The summed E-state index contributed by atoms with van der Waals surface area (Å²) < 4.78 is 40.0. The fourth-order valence-electron chi connectivity index (χ4n) is 0.779. The quantitative estimate of drug-likeness (QED) is 0.651. The molecule has 1 atom stereocenters. The Labute approximate surface area is 75.1 Å². The molecule has 0 fully saturated rings. The van der Waals surface area contributed by atoms with Gasteiger partial charge in [0.25, 0.3) is 0 Å². The number of hydrogen-bond donors (Lipinski definition) is 0. The Balaban J connectivity index is 3.97. The zero-order chi connectivity index (χ0) is 10.6. The van der Waals surface area contributed by atoms with Crippen molar-refractivity contribution in [2.75, 3.05) is 0 Å². The van der Waals surface area contributed by atoms with E-state index in [1.165, 1.54) is 6.92 Å². The van der Waals surface area contributed by atoms with E-state index >= 15 is 0 Å². The van der Waals surface area contributed by atoms with E-state index in [9.17, 15) is 18.0 Å². The Kier molecular flexibility index (Phi) is 4.23. The second-order valence-corrected chi connectivity index (χ2v) is 3.21. The van der Waals surface area contributed by atoms with Crippen molar-refractivity contribution in [2.45, 2.75) is 39.5 Å². The van der Waals surface area contributed by atoms with Crippen molar-refractivity contribution < 1.29 is 22.7 Å². The predicted molar refractivity (Wildman–Crippen MR) is 41.1 cm³/mol. The van der Waals surface area contributed by atoms with Gasteiger partial charge in [-0.2, -0.15) is 13.2 Å². The van der Waals surface area contributed by atoms with Gasteiger partial charge in [0, 0.05) is 0 Å². The molecule has 0 saturated carbocycles. The van der Waals surface area contributed by atoms with E-state index < -0.39 is 24.5 Å². The van der Waals surface area contributed by atoms with Gasteiger partial charge in [-0.05, 0) is 13.8 Å². The number of rotatable bonds is 3. The molecule has 0 aliphatic heterocycles. The Bertz CT molecular complexity index is 175. The number of carbonyl (C=O) groups is 1. The summed E-state index contributed by atoms with van der Waals surface area (Å²) in [5, 5.41) is 0. The highest BCUT2D eigenvalue weighted by Gasteiger charge is 2.33. The van der Waals surface area contributed by atoms with Gasteiger partial charge >= 0.3 is 12.1 Å². The number of esters is 1. The van der Waals surface area contributed by atoms with Gasteiger partial charge in [0.2, 0.25) is 0 Å². The van der Waals surface area contributed by atoms with E-state index in [-0.39, 0.29) is 6.10 Å². The van der Waals surface area contributed by atoms with Gasteiger partial charge < -0.3 is 4.74 Å². The summed E-state index contributed by atoms with van der Waals surface area (Å²) >= 11 is 0.